The van der Waals surface area contributed by atoms with Crippen LogP contribution < -0.4 is 5.32 Å². The second-order valence-corrected chi connectivity index (χ2v) is 6.35. The quantitative estimate of drug-likeness (QED) is 0.654. The number of rotatable bonds is 4. The van der Waals surface area contributed by atoms with Crippen LogP contribution in [0.5, 0.6) is 0 Å². The Morgan fingerprint density at radius 3 is 2.90 bits per heavy atom. The zero-order valence-electron chi connectivity index (χ0n) is 10.7. The minimum Gasteiger partial charge on any atom is -0.298 e. The van der Waals surface area contributed by atoms with E-state index in [1.54, 1.807) is 0 Å². The van der Waals surface area contributed by atoms with Gasteiger partial charge in [-0.3, -0.25) is 20.2 Å². The molecule has 3 rings (SSSR count). The highest BCUT2D eigenvalue weighted by Gasteiger charge is 2.26. The minimum atomic E-state index is -0.532. The maximum absolute atomic E-state index is 12.2. The molecule has 21 heavy (non-hydrogen) atoms. The van der Waals surface area contributed by atoms with Crippen molar-refractivity contribution >= 4 is 44.0 Å². The third kappa shape index (κ3) is 2.96. The van der Waals surface area contributed by atoms with E-state index in [0.29, 0.717) is 11.0 Å². The summed E-state index contributed by atoms with van der Waals surface area (Å²) in [5.41, 5.74) is 1.08. The molecular formula is C13H10BrN3O3S. The molecule has 6 nitrogen and oxygen atoms in total. The number of nitrogens with one attached hydrogen (secondary N) is 1. The number of thiazole rings is 1. The number of nitrogens with zero attached hydrogens (tertiary/aromatic N) is 2. The second-order valence-electron chi connectivity index (χ2n) is 4.70. The van der Waals surface area contributed by atoms with Crippen LogP contribution in [0.2, 0.25) is 0 Å². The lowest BCUT2D eigenvalue weighted by atomic mass is 10.2. The fourth-order valence-corrected chi connectivity index (χ4v) is 3.29. The van der Waals surface area contributed by atoms with E-state index in [1.165, 1.54) is 29.5 Å². The molecule has 0 atom stereocenters. The first-order valence-corrected chi connectivity index (χ1v) is 7.93. The molecular weight excluding hydrogens is 358 g/mol. The predicted molar refractivity (Wildman–Crippen MR) is 82.8 cm³/mol. The van der Waals surface area contributed by atoms with E-state index >= 15 is 0 Å². The molecule has 2 aromatic rings. The van der Waals surface area contributed by atoms with Gasteiger partial charge in [-0.05, 0) is 34.8 Å². The summed E-state index contributed by atoms with van der Waals surface area (Å²) in [5, 5.41) is 16.0. The number of amides is 1. The highest BCUT2D eigenvalue weighted by molar-refractivity contribution is 9.10. The molecule has 1 aliphatic rings. The summed E-state index contributed by atoms with van der Waals surface area (Å²) in [6, 6.07) is 4.35. The first-order valence-electron chi connectivity index (χ1n) is 6.26. The second kappa shape index (κ2) is 5.53. The van der Waals surface area contributed by atoms with E-state index in [9.17, 15) is 14.9 Å². The van der Waals surface area contributed by atoms with Gasteiger partial charge in [0, 0.05) is 17.4 Å². The monoisotopic (exact) mass is 367 g/mol. The Morgan fingerprint density at radius 1 is 1.48 bits per heavy atom. The SMILES string of the molecule is O=C(Nc1nc(C2CC2)cs1)c1cccc([N+](=O)[O-])c1Br. The number of benzene rings is 1. The number of aromatic nitrogens is 1. The number of halogens is 1. The molecule has 1 N–H and O–H groups in total. The van der Waals surface area contributed by atoms with E-state index in [1.807, 2.05) is 5.38 Å². The van der Waals surface area contributed by atoms with E-state index in [2.05, 4.69) is 26.2 Å². The van der Waals surface area contributed by atoms with Crippen molar-refractivity contribution in [2.24, 2.45) is 0 Å². The highest BCUT2D eigenvalue weighted by Crippen LogP contribution is 2.41. The number of nitro benzene ring substituents is 1. The number of carbonyl (C=O) groups excluding carboxylic acids is 1. The third-order valence-corrected chi connectivity index (χ3v) is 4.77. The Hall–Kier alpha value is -1.80. The topological polar surface area (TPSA) is 85.1 Å². The molecule has 0 aliphatic heterocycles. The molecule has 0 radical (unpaired) electrons. The summed E-state index contributed by atoms with van der Waals surface area (Å²) in [4.78, 5) is 26.9. The van der Waals surface area contributed by atoms with Gasteiger partial charge in [0.05, 0.1) is 16.2 Å². The van der Waals surface area contributed by atoms with E-state index in [0.717, 1.165) is 18.5 Å². The van der Waals surface area contributed by atoms with Gasteiger partial charge in [0.1, 0.15) is 4.47 Å². The number of hydrogen-bond acceptors (Lipinski definition) is 5. The van der Waals surface area contributed by atoms with Gasteiger partial charge in [-0.2, -0.15) is 0 Å². The fraction of sp³-hybridized carbons (Fsp3) is 0.231. The van der Waals surface area contributed by atoms with Crippen molar-refractivity contribution < 1.29 is 9.72 Å². The maximum atomic E-state index is 12.2. The molecule has 0 bridgehead atoms. The Bertz CT molecular complexity index is 727. The predicted octanol–water partition coefficient (Wildman–Crippen LogP) is 3.94. The van der Waals surface area contributed by atoms with Crippen molar-refractivity contribution in [1.82, 2.24) is 4.98 Å². The first-order chi connectivity index (χ1) is 10.1. The maximum Gasteiger partial charge on any atom is 0.284 e. The van der Waals surface area contributed by atoms with E-state index in [-0.39, 0.29) is 15.7 Å². The third-order valence-electron chi connectivity index (χ3n) is 3.16. The Labute approximate surface area is 132 Å². The van der Waals surface area contributed by atoms with Crippen LogP contribution in [0.4, 0.5) is 10.8 Å². The standard InChI is InChI=1S/C13H10BrN3O3S/c14-11-8(2-1-3-10(11)17(19)20)12(18)16-13-15-9(6-21-13)7-4-5-7/h1-3,6-7H,4-5H2,(H,15,16,18). The summed E-state index contributed by atoms with van der Waals surface area (Å²) in [5.74, 6) is 0.110. The zero-order valence-corrected chi connectivity index (χ0v) is 13.1. The molecule has 1 aliphatic carbocycles. The van der Waals surface area contributed by atoms with Crippen LogP contribution in [0.3, 0.4) is 0 Å². The van der Waals surface area contributed by atoms with Crippen LogP contribution in [0, 0.1) is 10.1 Å². The number of hydrogen-bond donors (Lipinski definition) is 1. The molecule has 8 heteroatoms. The highest BCUT2D eigenvalue weighted by atomic mass is 79.9. The Kier molecular flexibility index (Phi) is 3.73. The molecule has 1 amide bonds. The van der Waals surface area contributed by atoms with Crippen molar-refractivity contribution in [2.45, 2.75) is 18.8 Å². The van der Waals surface area contributed by atoms with Crippen LogP contribution in [0.25, 0.3) is 0 Å². The molecule has 108 valence electrons. The summed E-state index contributed by atoms with van der Waals surface area (Å²) in [6.07, 6.45) is 2.29. The van der Waals surface area contributed by atoms with Gasteiger partial charge in [-0.15, -0.1) is 11.3 Å². The van der Waals surface area contributed by atoms with E-state index < -0.39 is 10.8 Å². The molecule has 1 aromatic heterocycles. The van der Waals surface area contributed by atoms with Crippen molar-refractivity contribution in [3.8, 4) is 0 Å². The van der Waals surface area contributed by atoms with Gasteiger partial charge < -0.3 is 0 Å². The largest absolute Gasteiger partial charge is 0.298 e. The summed E-state index contributed by atoms with van der Waals surface area (Å²) in [6.45, 7) is 0. The van der Waals surface area contributed by atoms with Crippen LogP contribution in [-0.2, 0) is 0 Å². The zero-order chi connectivity index (χ0) is 15.0. The molecule has 0 unspecified atom stereocenters. The number of nitro groups is 1. The molecule has 0 spiro atoms. The number of carbonyl (C=O) groups is 1. The van der Waals surface area contributed by atoms with Crippen LogP contribution >= 0.6 is 27.3 Å². The molecule has 1 saturated carbocycles. The van der Waals surface area contributed by atoms with Crippen LogP contribution in [0.15, 0.2) is 28.1 Å². The van der Waals surface area contributed by atoms with Gasteiger partial charge in [-0.1, -0.05) is 6.07 Å². The first kappa shape index (κ1) is 14.2. The van der Waals surface area contributed by atoms with Crippen LogP contribution in [-0.4, -0.2) is 15.8 Å². The molecule has 1 heterocycles. The van der Waals surface area contributed by atoms with Crippen molar-refractivity contribution in [1.29, 1.82) is 0 Å². The lowest BCUT2D eigenvalue weighted by Crippen LogP contribution is -2.13. The minimum absolute atomic E-state index is 0.138. The van der Waals surface area contributed by atoms with Crippen molar-refractivity contribution in [3.05, 3.63) is 49.4 Å². The smallest absolute Gasteiger partial charge is 0.284 e. The van der Waals surface area contributed by atoms with Crippen LogP contribution in [0.1, 0.15) is 34.8 Å². The van der Waals surface area contributed by atoms with Gasteiger partial charge in [0.25, 0.3) is 11.6 Å². The average molecular weight is 368 g/mol. The van der Waals surface area contributed by atoms with E-state index in [4.69, 9.17) is 0 Å². The van der Waals surface area contributed by atoms with Gasteiger partial charge in [-0.25, -0.2) is 4.98 Å². The van der Waals surface area contributed by atoms with Gasteiger partial charge in [0.2, 0.25) is 0 Å². The average Bonchev–Trinajstić information content (AvgIpc) is 3.19. The lowest BCUT2D eigenvalue weighted by molar-refractivity contribution is -0.385. The Balaban J connectivity index is 1.81. The fourth-order valence-electron chi connectivity index (χ4n) is 1.91. The number of anilines is 1. The molecule has 1 fully saturated rings. The normalized spacial score (nSPS) is 14.0. The molecule has 0 saturated heterocycles. The van der Waals surface area contributed by atoms with Gasteiger partial charge >= 0.3 is 0 Å². The Morgan fingerprint density at radius 2 is 2.24 bits per heavy atom. The van der Waals surface area contributed by atoms with Gasteiger partial charge in [0.15, 0.2) is 5.13 Å². The van der Waals surface area contributed by atoms with Crippen molar-refractivity contribution in [3.63, 3.8) is 0 Å². The summed E-state index contributed by atoms with van der Waals surface area (Å²) >= 11 is 4.48. The lowest BCUT2D eigenvalue weighted by Gasteiger charge is -2.04. The summed E-state index contributed by atoms with van der Waals surface area (Å²) in [7, 11) is 0. The summed E-state index contributed by atoms with van der Waals surface area (Å²) < 4.78 is 0.173. The molecule has 1 aromatic carbocycles. The van der Waals surface area contributed by atoms with Crippen molar-refractivity contribution in [2.75, 3.05) is 5.32 Å².